The second kappa shape index (κ2) is 6.31. The Morgan fingerprint density at radius 1 is 1.22 bits per heavy atom. The van der Waals surface area contributed by atoms with E-state index in [2.05, 4.69) is 10.1 Å². The van der Waals surface area contributed by atoms with Crippen molar-refractivity contribution in [1.29, 1.82) is 0 Å². The Bertz CT molecular complexity index is 828. The number of amides is 1. The molecule has 23 heavy (non-hydrogen) atoms. The molecule has 0 radical (unpaired) electrons. The third-order valence-electron chi connectivity index (χ3n) is 3.42. The average molecular weight is 309 g/mol. The molecule has 1 amide bonds. The fraction of sp³-hybridized carbons (Fsp3) is 0.118. The lowest BCUT2D eigenvalue weighted by Gasteiger charge is -2.08. The first kappa shape index (κ1) is 14.8. The van der Waals surface area contributed by atoms with Gasteiger partial charge in [0.15, 0.2) is 0 Å². The molecule has 0 bridgehead atoms. The van der Waals surface area contributed by atoms with Crippen molar-refractivity contribution in [3.63, 3.8) is 0 Å². The van der Waals surface area contributed by atoms with E-state index in [4.69, 9.17) is 15.0 Å². The van der Waals surface area contributed by atoms with E-state index in [0.29, 0.717) is 11.5 Å². The number of nitrogens with zero attached hydrogens (tertiary/aromatic N) is 2. The molecule has 0 fully saturated rings. The normalized spacial score (nSPS) is 10.5. The maximum Gasteiger partial charge on any atom is 0.254 e. The van der Waals surface area contributed by atoms with Crippen molar-refractivity contribution < 1.29 is 14.1 Å². The fourth-order valence-corrected chi connectivity index (χ4v) is 2.22. The molecule has 0 atom stereocenters. The number of hydrogen-bond acceptors (Lipinski definition) is 5. The average Bonchev–Trinajstić information content (AvgIpc) is 2.94. The zero-order valence-corrected chi connectivity index (χ0v) is 12.5. The second-order valence-electron chi connectivity index (χ2n) is 4.94. The number of benzene rings is 1. The molecule has 0 saturated carbocycles. The molecule has 0 saturated heterocycles. The third kappa shape index (κ3) is 3.06. The minimum Gasteiger partial charge on any atom is -0.472 e. The largest absolute Gasteiger partial charge is 0.472 e. The van der Waals surface area contributed by atoms with E-state index in [0.717, 1.165) is 11.1 Å². The zero-order chi connectivity index (χ0) is 16.2. The van der Waals surface area contributed by atoms with Crippen molar-refractivity contribution >= 4 is 5.91 Å². The molecule has 0 aliphatic rings. The van der Waals surface area contributed by atoms with Crippen LogP contribution in [0.5, 0.6) is 5.88 Å². The van der Waals surface area contributed by atoms with Crippen LogP contribution in [0.25, 0.3) is 11.3 Å². The van der Waals surface area contributed by atoms with E-state index in [-0.39, 0.29) is 18.1 Å². The van der Waals surface area contributed by atoms with Gasteiger partial charge in [-0.1, -0.05) is 35.5 Å². The predicted octanol–water partition coefficient (Wildman–Crippen LogP) is 2.72. The molecular weight excluding hydrogens is 294 g/mol. The Balaban J connectivity index is 1.88. The molecule has 1 aromatic carbocycles. The van der Waals surface area contributed by atoms with E-state index in [1.54, 1.807) is 18.3 Å². The van der Waals surface area contributed by atoms with Gasteiger partial charge in [-0.3, -0.25) is 4.79 Å². The van der Waals surface area contributed by atoms with Crippen molar-refractivity contribution in [1.82, 2.24) is 10.1 Å². The molecule has 116 valence electrons. The van der Waals surface area contributed by atoms with Gasteiger partial charge in [-0.2, -0.15) is 0 Å². The van der Waals surface area contributed by atoms with Crippen molar-refractivity contribution in [2.45, 2.75) is 13.5 Å². The van der Waals surface area contributed by atoms with Crippen LogP contribution >= 0.6 is 0 Å². The summed E-state index contributed by atoms with van der Waals surface area (Å²) < 4.78 is 10.9. The molecule has 0 aliphatic carbocycles. The quantitative estimate of drug-likeness (QED) is 0.782. The maximum atomic E-state index is 11.4. The molecule has 0 aliphatic heterocycles. The van der Waals surface area contributed by atoms with E-state index >= 15 is 0 Å². The van der Waals surface area contributed by atoms with Crippen LogP contribution in [0.4, 0.5) is 0 Å². The number of rotatable bonds is 5. The highest BCUT2D eigenvalue weighted by Crippen LogP contribution is 2.26. The van der Waals surface area contributed by atoms with Gasteiger partial charge in [-0.15, -0.1) is 0 Å². The van der Waals surface area contributed by atoms with E-state index in [1.165, 1.54) is 0 Å². The summed E-state index contributed by atoms with van der Waals surface area (Å²) in [7, 11) is 0. The van der Waals surface area contributed by atoms with Crippen LogP contribution in [-0.4, -0.2) is 16.0 Å². The number of primary amides is 1. The molecule has 3 aromatic rings. The lowest BCUT2D eigenvalue weighted by atomic mass is 10.1. The second-order valence-corrected chi connectivity index (χ2v) is 4.94. The number of carbonyl (C=O) groups excluding carboxylic acids is 1. The molecule has 2 heterocycles. The maximum absolute atomic E-state index is 11.4. The number of pyridine rings is 1. The summed E-state index contributed by atoms with van der Waals surface area (Å²) >= 11 is 0. The van der Waals surface area contributed by atoms with Crippen molar-refractivity contribution in [2.75, 3.05) is 0 Å². The molecule has 0 unspecified atom stereocenters. The highest BCUT2D eigenvalue weighted by molar-refractivity contribution is 5.94. The van der Waals surface area contributed by atoms with Gasteiger partial charge in [0.2, 0.25) is 5.88 Å². The van der Waals surface area contributed by atoms with Crippen LogP contribution in [0.3, 0.4) is 0 Å². The molecule has 6 nitrogen and oxygen atoms in total. The summed E-state index contributed by atoms with van der Waals surface area (Å²) in [5.74, 6) is 0.262. The van der Waals surface area contributed by atoms with Crippen molar-refractivity contribution in [3.8, 4) is 17.1 Å². The summed E-state index contributed by atoms with van der Waals surface area (Å²) in [6.07, 6.45) is 1.54. The van der Waals surface area contributed by atoms with Gasteiger partial charge in [-0.05, 0) is 19.1 Å². The van der Waals surface area contributed by atoms with E-state index in [1.807, 2.05) is 37.3 Å². The Morgan fingerprint density at radius 3 is 2.74 bits per heavy atom. The molecular formula is C17H15N3O3. The lowest BCUT2D eigenvalue weighted by molar-refractivity contribution is 0.0995. The third-order valence-corrected chi connectivity index (χ3v) is 3.42. The first-order valence-corrected chi connectivity index (χ1v) is 7.05. The Kier molecular flexibility index (Phi) is 4.05. The lowest BCUT2D eigenvalue weighted by Crippen LogP contribution is -2.14. The number of ether oxygens (including phenoxy) is 1. The van der Waals surface area contributed by atoms with Gasteiger partial charge in [0.25, 0.3) is 5.91 Å². The van der Waals surface area contributed by atoms with Crippen LogP contribution in [-0.2, 0) is 6.61 Å². The van der Waals surface area contributed by atoms with Crippen LogP contribution in [0.1, 0.15) is 21.7 Å². The van der Waals surface area contributed by atoms with E-state index in [9.17, 15) is 4.79 Å². The van der Waals surface area contributed by atoms with E-state index < -0.39 is 5.91 Å². The number of nitrogens with two attached hydrogens (primary N) is 1. The minimum atomic E-state index is -0.585. The molecule has 3 rings (SSSR count). The smallest absolute Gasteiger partial charge is 0.254 e. The minimum absolute atomic E-state index is 0.177. The molecule has 2 aromatic heterocycles. The van der Waals surface area contributed by atoms with Gasteiger partial charge < -0.3 is 15.0 Å². The number of carbonyl (C=O) groups is 1. The summed E-state index contributed by atoms with van der Waals surface area (Å²) in [6, 6.07) is 12.9. The summed E-state index contributed by atoms with van der Waals surface area (Å²) in [6.45, 7) is 1.99. The zero-order valence-electron chi connectivity index (χ0n) is 12.5. The van der Waals surface area contributed by atoms with Crippen molar-refractivity contribution in [2.24, 2.45) is 5.73 Å². The molecule has 6 heteroatoms. The number of hydrogen-bond donors (Lipinski definition) is 1. The topological polar surface area (TPSA) is 91.2 Å². The van der Waals surface area contributed by atoms with Gasteiger partial charge in [0.05, 0.1) is 5.56 Å². The predicted molar refractivity (Wildman–Crippen MR) is 83.8 cm³/mol. The number of aromatic nitrogens is 2. The van der Waals surface area contributed by atoms with Gasteiger partial charge in [-0.25, -0.2) is 4.98 Å². The highest BCUT2D eigenvalue weighted by atomic mass is 16.5. The Morgan fingerprint density at radius 2 is 2.00 bits per heavy atom. The highest BCUT2D eigenvalue weighted by Gasteiger charge is 2.17. The molecule has 0 spiro atoms. The summed E-state index contributed by atoms with van der Waals surface area (Å²) in [5, 5.41) is 4.09. The molecule has 2 N–H and O–H groups in total. The van der Waals surface area contributed by atoms with Crippen LogP contribution in [0, 0.1) is 6.92 Å². The van der Waals surface area contributed by atoms with Crippen LogP contribution < -0.4 is 10.5 Å². The first-order chi connectivity index (χ1) is 11.2. The van der Waals surface area contributed by atoms with Gasteiger partial charge in [0.1, 0.15) is 23.6 Å². The summed E-state index contributed by atoms with van der Waals surface area (Å²) in [5.41, 5.74) is 8.00. The SMILES string of the molecule is Cc1onc(-c2ccccc2)c1COc1ncccc1C(N)=O. The van der Waals surface area contributed by atoms with Gasteiger partial charge >= 0.3 is 0 Å². The fourth-order valence-electron chi connectivity index (χ4n) is 2.22. The Hall–Kier alpha value is -3.15. The standard InChI is InChI=1S/C17H15N3O3/c1-11-14(15(20-23-11)12-6-3-2-4-7-12)10-22-17-13(16(18)21)8-5-9-19-17/h2-9H,10H2,1H3,(H2,18,21). The van der Waals surface area contributed by atoms with Crippen LogP contribution in [0.2, 0.25) is 0 Å². The summed E-state index contributed by atoms with van der Waals surface area (Å²) in [4.78, 5) is 15.5. The van der Waals surface area contributed by atoms with Gasteiger partial charge in [0, 0.05) is 11.8 Å². The van der Waals surface area contributed by atoms with Crippen molar-refractivity contribution in [3.05, 3.63) is 65.5 Å². The van der Waals surface area contributed by atoms with Crippen LogP contribution in [0.15, 0.2) is 53.2 Å². The monoisotopic (exact) mass is 309 g/mol. The number of aryl methyl sites for hydroxylation is 1. The Labute approximate surface area is 132 Å². The first-order valence-electron chi connectivity index (χ1n) is 7.05.